The number of hydrogen-bond acceptors (Lipinski definition) is 1. The number of hydrogen-bond donors (Lipinski definition) is 2. The van der Waals surface area contributed by atoms with Crippen LogP contribution in [0.5, 0.6) is 0 Å². The Balaban J connectivity index is 1.84. The van der Waals surface area contributed by atoms with Crippen molar-refractivity contribution in [3.63, 3.8) is 0 Å². The van der Waals surface area contributed by atoms with E-state index in [1.165, 1.54) is 30.3 Å². The van der Waals surface area contributed by atoms with Crippen LogP contribution in [0.25, 0.3) is 0 Å². The number of nitrogens with one attached hydrogen (secondary N) is 2. The molecule has 0 atom stereocenters. The minimum Gasteiger partial charge on any atom is -0.338 e. The third kappa shape index (κ3) is 4.72. The maximum Gasteiger partial charge on any atom is 0.319 e. The van der Waals surface area contributed by atoms with Gasteiger partial charge in [0.2, 0.25) is 0 Å². The molecule has 0 aliphatic heterocycles. The van der Waals surface area contributed by atoms with Crippen LogP contribution in [-0.4, -0.2) is 12.6 Å². The van der Waals surface area contributed by atoms with Crippen molar-refractivity contribution in [3.8, 4) is 0 Å². The lowest BCUT2D eigenvalue weighted by Crippen LogP contribution is -2.30. The molecule has 0 saturated heterocycles. The molecule has 2 amide bonds. The lowest BCUT2D eigenvalue weighted by molar-refractivity contribution is 0.252. The summed E-state index contributed by atoms with van der Waals surface area (Å²) in [6.45, 7) is 0.303. The summed E-state index contributed by atoms with van der Waals surface area (Å²) in [6, 6.07) is 9.46. The van der Waals surface area contributed by atoms with Crippen molar-refractivity contribution in [2.24, 2.45) is 0 Å². The van der Waals surface area contributed by atoms with E-state index in [2.05, 4.69) is 10.6 Å². The van der Waals surface area contributed by atoms with Crippen LogP contribution in [0.2, 0.25) is 5.02 Å². The predicted molar refractivity (Wildman–Crippen MR) is 78.5 cm³/mol. The second-order valence-electron chi connectivity index (χ2n) is 4.38. The molecule has 3 nitrogen and oxygen atoms in total. The molecule has 0 unspecified atom stereocenters. The number of carbonyl (C=O) groups is 1. The Morgan fingerprint density at radius 3 is 2.71 bits per heavy atom. The summed E-state index contributed by atoms with van der Waals surface area (Å²) in [4.78, 5) is 11.6. The van der Waals surface area contributed by atoms with Crippen molar-refractivity contribution in [1.29, 1.82) is 0 Å². The molecule has 0 radical (unpaired) electrons. The average molecular weight is 311 g/mol. The van der Waals surface area contributed by atoms with E-state index in [-0.39, 0.29) is 11.5 Å². The summed E-state index contributed by atoms with van der Waals surface area (Å²) in [5.74, 6) is -0.891. The highest BCUT2D eigenvalue weighted by atomic mass is 35.5. The van der Waals surface area contributed by atoms with Crippen LogP contribution < -0.4 is 10.6 Å². The molecular weight excluding hydrogens is 298 g/mol. The van der Waals surface area contributed by atoms with Crippen molar-refractivity contribution >= 4 is 23.3 Å². The number of benzene rings is 2. The highest BCUT2D eigenvalue weighted by Gasteiger charge is 2.07. The fraction of sp³-hybridized carbons (Fsp3) is 0.133. The number of carbonyl (C=O) groups excluding carboxylic acids is 1. The quantitative estimate of drug-likeness (QED) is 0.881. The van der Waals surface area contributed by atoms with E-state index in [9.17, 15) is 13.6 Å². The largest absolute Gasteiger partial charge is 0.338 e. The summed E-state index contributed by atoms with van der Waals surface area (Å²) in [5, 5.41) is 5.25. The molecule has 0 heterocycles. The number of urea groups is 1. The first kappa shape index (κ1) is 15.3. The number of halogens is 3. The number of rotatable bonds is 4. The van der Waals surface area contributed by atoms with Gasteiger partial charge in [-0.05, 0) is 42.3 Å². The van der Waals surface area contributed by atoms with Gasteiger partial charge in [-0.3, -0.25) is 0 Å². The van der Waals surface area contributed by atoms with E-state index in [1.807, 2.05) is 0 Å². The third-order valence-corrected chi connectivity index (χ3v) is 3.00. The molecule has 110 valence electrons. The Hall–Kier alpha value is -2.14. The van der Waals surface area contributed by atoms with E-state index in [1.54, 1.807) is 12.1 Å². The standard InChI is InChI=1S/C15H13ClF2N2O/c16-11-4-5-13(18)14(9-11)20-15(21)19-7-6-10-2-1-3-12(17)8-10/h1-5,8-9H,6-7H2,(H2,19,20,21). The Labute approximate surface area is 125 Å². The second-order valence-corrected chi connectivity index (χ2v) is 4.82. The van der Waals surface area contributed by atoms with Gasteiger partial charge in [0.15, 0.2) is 0 Å². The SMILES string of the molecule is O=C(NCCc1cccc(F)c1)Nc1cc(Cl)ccc1F. The van der Waals surface area contributed by atoms with Crippen molar-refractivity contribution in [1.82, 2.24) is 5.32 Å². The van der Waals surface area contributed by atoms with Crippen LogP contribution >= 0.6 is 11.6 Å². The summed E-state index contributed by atoms with van der Waals surface area (Å²) in [6.07, 6.45) is 0.475. The van der Waals surface area contributed by atoms with Crippen LogP contribution in [0.1, 0.15) is 5.56 Å². The molecule has 6 heteroatoms. The van der Waals surface area contributed by atoms with Crippen LogP contribution in [0.4, 0.5) is 19.3 Å². The molecule has 21 heavy (non-hydrogen) atoms. The number of anilines is 1. The second kappa shape index (κ2) is 7.04. The van der Waals surface area contributed by atoms with Crippen molar-refractivity contribution in [2.45, 2.75) is 6.42 Å². The predicted octanol–water partition coefficient (Wildman–Crippen LogP) is 3.98. The minimum absolute atomic E-state index is 0.00533. The van der Waals surface area contributed by atoms with Gasteiger partial charge < -0.3 is 10.6 Å². The van der Waals surface area contributed by atoms with Crippen LogP contribution in [0.3, 0.4) is 0 Å². The zero-order chi connectivity index (χ0) is 15.2. The molecule has 2 aromatic carbocycles. The van der Waals surface area contributed by atoms with Gasteiger partial charge in [-0.15, -0.1) is 0 Å². The molecule has 0 bridgehead atoms. The monoisotopic (exact) mass is 310 g/mol. The summed E-state index contributed by atoms with van der Waals surface area (Å²) < 4.78 is 26.4. The molecule has 0 saturated carbocycles. The van der Waals surface area contributed by atoms with Gasteiger partial charge in [-0.25, -0.2) is 13.6 Å². The maximum atomic E-state index is 13.4. The topological polar surface area (TPSA) is 41.1 Å². The highest BCUT2D eigenvalue weighted by molar-refractivity contribution is 6.30. The molecular formula is C15H13ClF2N2O. The molecule has 2 aromatic rings. The molecule has 0 aromatic heterocycles. The van der Waals surface area contributed by atoms with E-state index in [4.69, 9.17) is 11.6 Å². The average Bonchev–Trinajstić information content (AvgIpc) is 2.43. The van der Waals surface area contributed by atoms with Gasteiger partial charge in [0.25, 0.3) is 0 Å². The lowest BCUT2D eigenvalue weighted by atomic mass is 10.1. The molecule has 2 N–H and O–H groups in total. The molecule has 0 fully saturated rings. The van der Waals surface area contributed by atoms with Crippen LogP contribution in [0, 0.1) is 11.6 Å². The van der Waals surface area contributed by atoms with Crippen molar-refractivity contribution < 1.29 is 13.6 Å². The first-order chi connectivity index (χ1) is 10.0. The lowest BCUT2D eigenvalue weighted by Gasteiger charge is -2.09. The molecule has 0 aliphatic carbocycles. The van der Waals surface area contributed by atoms with Gasteiger partial charge in [-0.1, -0.05) is 23.7 Å². The maximum absolute atomic E-state index is 13.4. The third-order valence-electron chi connectivity index (χ3n) is 2.76. The Kier molecular flexibility index (Phi) is 5.11. The van der Waals surface area contributed by atoms with E-state index < -0.39 is 11.8 Å². The normalized spacial score (nSPS) is 10.2. The van der Waals surface area contributed by atoms with Gasteiger partial charge in [0.1, 0.15) is 11.6 Å². The Morgan fingerprint density at radius 2 is 1.95 bits per heavy atom. The first-order valence-electron chi connectivity index (χ1n) is 6.29. The fourth-order valence-electron chi connectivity index (χ4n) is 1.77. The zero-order valence-corrected chi connectivity index (χ0v) is 11.8. The van der Waals surface area contributed by atoms with Gasteiger partial charge in [0, 0.05) is 11.6 Å². The highest BCUT2D eigenvalue weighted by Crippen LogP contribution is 2.19. The van der Waals surface area contributed by atoms with E-state index >= 15 is 0 Å². The molecule has 0 spiro atoms. The van der Waals surface area contributed by atoms with Gasteiger partial charge in [-0.2, -0.15) is 0 Å². The molecule has 2 rings (SSSR count). The number of amides is 2. The van der Waals surface area contributed by atoms with E-state index in [0.29, 0.717) is 18.0 Å². The van der Waals surface area contributed by atoms with Crippen LogP contribution in [-0.2, 0) is 6.42 Å². The fourth-order valence-corrected chi connectivity index (χ4v) is 1.94. The summed E-state index contributed by atoms with van der Waals surface area (Å²) >= 11 is 5.73. The van der Waals surface area contributed by atoms with Gasteiger partial charge in [0.05, 0.1) is 5.69 Å². The van der Waals surface area contributed by atoms with Crippen molar-refractivity contribution in [3.05, 3.63) is 64.7 Å². The molecule has 0 aliphatic rings. The zero-order valence-electron chi connectivity index (χ0n) is 11.0. The van der Waals surface area contributed by atoms with Crippen LogP contribution in [0.15, 0.2) is 42.5 Å². The Morgan fingerprint density at radius 1 is 1.14 bits per heavy atom. The van der Waals surface area contributed by atoms with E-state index in [0.717, 1.165) is 5.56 Å². The van der Waals surface area contributed by atoms with Gasteiger partial charge >= 0.3 is 6.03 Å². The summed E-state index contributed by atoms with van der Waals surface area (Å²) in [5.41, 5.74) is 0.773. The van der Waals surface area contributed by atoms with Crippen molar-refractivity contribution in [2.75, 3.05) is 11.9 Å². The summed E-state index contributed by atoms with van der Waals surface area (Å²) in [7, 11) is 0. The smallest absolute Gasteiger partial charge is 0.319 e. The first-order valence-corrected chi connectivity index (χ1v) is 6.67. The minimum atomic E-state index is -0.570. The Bertz CT molecular complexity index is 649.